The molecule has 2 aromatic carbocycles. The maximum absolute atomic E-state index is 14.0. The summed E-state index contributed by atoms with van der Waals surface area (Å²) in [4.78, 5) is 0. The number of halogens is 2. The molecule has 0 aliphatic rings. The quantitative estimate of drug-likeness (QED) is 0.854. The Morgan fingerprint density at radius 3 is 2.50 bits per heavy atom. The van der Waals surface area contributed by atoms with Crippen LogP contribution in [0.3, 0.4) is 0 Å². The summed E-state index contributed by atoms with van der Waals surface area (Å²) in [6.45, 7) is 4.63. The molecular weight excluding hydrogens is 256 g/mol. The van der Waals surface area contributed by atoms with Crippen LogP contribution in [0.15, 0.2) is 42.5 Å². The van der Waals surface area contributed by atoms with Gasteiger partial charge in [0.05, 0.1) is 6.04 Å². The van der Waals surface area contributed by atoms with E-state index in [0.29, 0.717) is 5.56 Å². The van der Waals surface area contributed by atoms with Crippen LogP contribution in [-0.4, -0.2) is 6.54 Å². The average molecular weight is 275 g/mol. The van der Waals surface area contributed by atoms with Crippen LogP contribution < -0.4 is 5.32 Å². The van der Waals surface area contributed by atoms with Gasteiger partial charge in [-0.15, -0.1) is 0 Å². The molecule has 20 heavy (non-hydrogen) atoms. The van der Waals surface area contributed by atoms with Crippen molar-refractivity contribution in [2.45, 2.75) is 26.3 Å². The van der Waals surface area contributed by atoms with Crippen LogP contribution in [0.2, 0.25) is 0 Å². The second-order valence-electron chi connectivity index (χ2n) is 4.97. The van der Waals surface area contributed by atoms with Crippen molar-refractivity contribution in [3.8, 4) is 0 Å². The summed E-state index contributed by atoms with van der Waals surface area (Å²) in [5, 5.41) is 3.29. The van der Waals surface area contributed by atoms with Gasteiger partial charge in [0.15, 0.2) is 0 Å². The number of nitrogens with one attached hydrogen (secondary N) is 1. The third-order valence-corrected chi connectivity index (χ3v) is 3.21. The molecule has 0 bridgehead atoms. The van der Waals surface area contributed by atoms with Gasteiger partial charge < -0.3 is 5.32 Å². The van der Waals surface area contributed by atoms with E-state index in [4.69, 9.17) is 0 Å². The minimum atomic E-state index is -0.328. The molecule has 0 saturated carbocycles. The van der Waals surface area contributed by atoms with Crippen molar-refractivity contribution in [1.82, 2.24) is 5.32 Å². The van der Waals surface area contributed by atoms with Gasteiger partial charge in [0.1, 0.15) is 11.6 Å². The Kier molecular flexibility index (Phi) is 4.85. The summed E-state index contributed by atoms with van der Waals surface area (Å²) in [5.74, 6) is -0.567. The fourth-order valence-electron chi connectivity index (χ4n) is 2.34. The molecule has 1 nitrogen and oxygen atoms in total. The van der Waals surface area contributed by atoms with Crippen molar-refractivity contribution in [1.29, 1.82) is 0 Å². The minimum absolute atomic E-state index is 0.275. The summed E-state index contributed by atoms with van der Waals surface area (Å²) in [7, 11) is 0. The van der Waals surface area contributed by atoms with Crippen LogP contribution in [0.25, 0.3) is 0 Å². The molecule has 1 atom stereocenters. The molecule has 2 rings (SSSR count). The van der Waals surface area contributed by atoms with Crippen molar-refractivity contribution in [3.63, 3.8) is 0 Å². The Morgan fingerprint density at radius 1 is 1.10 bits per heavy atom. The molecule has 2 aromatic rings. The number of hydrogen-bond donors (Lipinski definition) is 1. The highest BCUT2D eigenvalue weighted by molar-refractivity contribution is 5.35. The van der Waals surface area contributed by atoms with Crippen molar-refractivity contribution >= 4 is 0 Å². The second-order valence-corrected chi connectivity index (χ2v) is 4.97. The zero-order chi connectivity index (χ0) is 14.5. The molecule has 106 valence electrons. The molecule has 0 spiro atoms. The lowest BCUT2D eigenvalue weighted by Gasteiger charge is -2.20. The standard InChI is InChI=1S/C17H19F2N/c1-3-8-20-17(15-6-4-5-7-16(15)19)13-9-12(2)10-14(18)11-13/h4-7,9-11,17,20H,3,8H2,1-2H3. The summed E-state index contributed by atoms with van der Waals surface area (Å²) < 4.78 is 27.6. The SMILES string of the molecule is CCCNC(c1cc(C)cc(F)c1)c1ccccc1F. The minimum Gasteiger partial charge on any atom is -0.306 e. The first-order valence-corrected chi connectivity index (χ1v) is 6.86. The van der Waals surface area contributed by atoms with Crippen molar-refractivity contribution in [2.75, 3.05) is 6.54 Å². The van der Waals surface area contributed by atoms with Crippen LogP contribution in [0.5, 0.6) is 0 Å². The summed E-state index contributed by atoms with van der Waals surface area (Å²) in [6, 6.07) is 11.1. The van der Waals surface area contributed by atoms with E-state index in [0.717, 1.165) is 24.1 Å². The van der Waals surface area contributed by atoms with Crippen molar-refractivity contribution < 1.29 is 8.78 Å². The molecule has 1 unspecified atom stereocenters. The van der Waals surface area contributed by atoms with Gasteiger partial charge >= 0.3 is 0 Å². The van der Waals surface area contributed by atoms with E-state index in [1.165, 1.54) is 18.2 Å². The number of rotatable bonds is 5. The normalized spacial score (nSPS) is 12.4. The zero-order valence-electron chi connectivity index (χ0n) is 11.8. The molecule has 0 saturated heterocycles. The van der Waals surface area contributed by atoms with E-state index in [9.17, 15) is 8.78 Å². The Balaban J connectivity index is 2.44. The Bertz CT molecular complexity index is 561. The smallest absolute Gasteiger partial charge is 0.128 e. The van der Waals surface area contributed by atoms with E-state index < -0.39 is 0 Å². The predicted octanol–water partition coefficient (Wildman–Crippen LogP) is 4.36. The molecule has 0 heterocycles. The lowest BCUT2D eigenvalue weighted by molar-refractivity contribution is 0.542. The lowest BCUT2D eigenvalue weighted by atomic mass is 9.96. The van der Waals surface area contributed by atoms with Gasteiger partial charge in [0.2, 0.25) is 0 Å². The van der Waals surface area contributed by atoms with Gasteiger partial charge in [-0.05, 0) is 49.2 Å². The van der Waals surface area contributed by atoms with Crippen LogP contribution in [0.4, 0.5) is 8.78 Å². The number of hydrogen-bond acceptors (Lipinski definition) is 1. The molecule has 1 N–H and O–H groups in total. The first-order chi connectivity index (χ1) is 9.61. The van der Waals surface area contributed by atoms with Crippen LogP contribution in [-0.2, 0) is 0 Å². The Hall–Kier alpha value is -1.74. The topological polar surface area (TPSA) is 12.0 Å². The third kappa shape index (κ3) is 3.42. The molecule has 0 aromatic heterocycles. The zero-order valence-corrected chi connectivity index (χ0v) is 11.8. The Morgan fingerprint density at radius 2 is 1.85 bits per heavy atom. The maximum atomic E-state index is 14.0. The van der Waals surface area contributed by atoms with Gasteiger partial charge in [-0.3, -0.25) is 0 Å². The van der Waals surface area contributed by atoms with Crippen LogP contribution in [0, 0.1) is 18.6 Å². The van der Waals surface area contributed by atoms with E-state index >= 15 is 0 Å². The summed E-state index contributed by atoms with van der Waals surface area (Å²) in [6.07, 6.45) is 0.930. The van der Waals surface area contributed by atoms with E-state index in [1.807, 2.05) is 19.9 Å². The predicted molar refractivity (Wildman–Crippen MR) is 77.7 cm³/mol. The lowest BCUT2D eigenvalue weighted by Crippen LogP contribution is -2.24. The average Bonchev–Trinajstić information content (AvgIpc) is 2.40. The highest BCUT2D eigenvalue weighted by Gasteiger charge is 2.17. The molecule has 3 heteroatoms. The Labute approximate surface area is 118 Å². The molecule has 0 aliphatic heterocycles. The molecule has 0 radical (unpaired) electrons. The fraction of sp³-hybridized carbons (Fsp3) is 0.294. The first kappa shape index (κ1) is 14.7. The van der Waals surface area contributed by atoms with Crippen molar-refractivity contribution in [3.05, 3.63) is 70.8 Å². The number of benzene rings is 2. The van der Waals surface area contributed by atoms with Crippen LogP contribution >= 0.6 is 0 Å². The number of aryl methyl sites for hydroxylation is 1. The molecule has 0 amide bonds. The molecular formula is C17H19F2N. The first-order valence-electron chi connectivity index (χ1n) is 6.86. The van der Waals surface area contributed by atoms with Gasteiger partial charge in [0, 0.05) is 5.56 Å². The summed E-state index contributed by atoms with van der Waals surface area (Å²) >= 11 is 0. The van der Waals surface area contributed by atoms with Gasteiger partial charge in [-0.25, -0.2) is 8.78 Å². The molecule has 0 fully saturated rings. The van der Waals surface area contributed by atoms with E-state index in [2.05, 4.69) is 5.32 Å². The molecule has 0 aliphatic carbocycles. The highest BCUT2D eigenvalue weighted by Crippen LogP contribution is 2.26. The second kappa shape index (κ2) is 6.62. The highest BCUT2D eigenvalue weighted by atomic mass is 19.1. The van der Waals surface area contributed by atoms with Gasteiger partial charge in [-0.1, -0.05) is 31.2 Å². The fourth-order valence-corrected chi connectivity index (χ4v) is 2.34. The van der Waals surface area contributed by atoms with E-state index in [1.54, 1.807) is 18.2 Å². The summed E-state index contributed by atoms with van der Waals surface area (Å²) in [5.41, 5.74) is 2.13. The van der Waals surface area contributed by atoms with Gasteiger partial charge in [-0.2, -0.15) is 0 Å². The largest absolute Gasteiger partial charge is 0.306 e. The maximum Gasteiger partial charge on any atom is 0.128 e. The monoisotopic (exact) mass is 275 g/mol. The van der Waals surface area contributed by atoms with Crippen LogP contribution in [0.1, 0.15) is 36.1 Å². The van der Waals surface area contributed by atoms with Crippen molar-refractivity contribution in [2.24, 2.45) is 0 Å². The van der Waals surface area contributed by atoms with E-state index in [-0.39, 0.29) is 17.7 Å². The third-order valence-electron chi connectivity index (χ3n) is 3.21. The van der Waals surface area contributed by atoms with Gasteiger partial charge in [0.25, 0.3) is 0 Å².